The van der Waals surface area contributed by atoms with Crippen molar-refractivity contribution in [2.45, 2.75) is 25.4 Å². The lowest BCUT2D eigenvalue weighted by molar-refractivity contribution is -0.132. The van der Waals surface area contributed by atoms with Gasteiger partial charge in [0.25, 0.3) is 0 Å². The first-order chi connectivity index (χ1) is 14.3. The van der Waals surface area contributed by atoms with Gasteiger partial charge in [0, 0.05) is 38.3 Å². The second kappa shape index (κ2) is 10.6. The Bertz CT molecular complexity index is 912. The number of halogens is 1. The number of rotatable bonds is 6. The van der Waals surface area contributed by atoms with Crippen LogP contribution in [0, 0.1) is 0 Å². The molecule has 2 aromatic carbocycles. The summed E-state index contributed by atoms with van der Waals surface area (Å²) in [7, 11) is 0. The maximum absolute atomic E-state index is 12.5. The fraction of sp³-hybridized carbons (Fsp3) is 0.250. The number of piperidine rings is 1. The molecule has 5 nitrogen and oxygen atoms in total. The van der Waals surface area contributed by atoms with E-state index in [1.165, 1.54) is 0 Å². The van der Waals surface area contributed by atoms with Gasteiger partial charge in [-0.15, -0.1) is 12.4 Å². The maximum Gasteiger partial charge on any atom is 0.227 e. The van der Waals surface area contributed by atoms with Gasteiger partial charge in [-0.05, 0) is 48.0 Å². The van der Waals surface area contributed by atoms with Crippen molar-refractivity contribution in [2.24, 2.45) is 0 Å². The Morgan fingerprint density at radius 2 is 1.57 bits per heavy atom. The van der Waals surface area contributed by atoms with Gasteiger partial charge in [-0.25, -0.2) is 0 Å². The molecule has 0 bridgehead atoms. The molecule has 4 rings (SSSR count). The lowest BCUT2D eigenvalue weighted by Crippen LogP contribution is -2.42. The van der Waals surface area contributed by atoms with E-state index in [-0.39, 0.29) is 24.4 Å². The first kappa shape index (κ1) is 21.7. The average Bonchev–Trinajstić information content (AvgIpc) is 2.77. The third-order valence-electron chi connectivity index (χ3n) is 4.98. The van der Waals surface area contributed by atoms with Crippen LogP contribution in [0.2, 0.25) is 0 Å². The molecular weight excluding hydrogens is 400 g/mol. The van der Waals surface area contributed by atoms with Crippen molar-refractivity contribution >= 4 is 18.3 Å². The third kappa shape index (κ3) is 5.97. The average molecular weight is 425 g/mol. The Morgan fingerprint density at radius 3 is 2.23 bits per heavy atom. The molecule has 0 N–H and O–H groups in total. The topological polar surface area (TPSA) is 51.7 Å². The van der Waals surface area contributed by atoms with E-state index >= 15 is 0 Å². The highest BCUT2D eigenvalue weighted by molar-refractivity contribution is 5.85. The van der Waals surface area contributed by atoms with Crippen molar-refractivity contribution in [2.75, 3.05) is 13.1 Å². The van der Waals surface area contributed by atoms with Crippen LogP contribution in [0.15, 0.2) is 79.1 Å². The predicted octanol–water partition coefficient (Wildman–Crippen LogP) is 4.91. The Morgan fingerprint density at radius 1 is 0.900 bits per heavy atom. The fourth-order valence-electron chi connectivity index (χ4n) is 3.42. The fourth-order valence-corrected chi connectivity index (χ4v) is 3.42. The SMILES string of the molecule is Cl.O=C(Cc1cccnc1)N1CCC(Oc2ccc(Oc3ccccc3)cc2)CC1. The summed E-state index contributed by atoms with van der Waals surface area (Å²) >= 11 is 0. The number of benzene rings is 2. The Hall–Kier alpha value is -3.05. The van der Waals surface area contributed by atoms with Crippen LogP contribution in [0.3, 0.4) is 0 Å². The lowest BCUT2D eigenvalue weighted by Gasteiger charge is -2.32. The summed E-state index contributed by atoms with van der Waals surface area (Å²) in [6, 6.07) is 21.2. The maximum atomic E-state index is 12.5. The highest BCUT2D eigenvalue weighted by Crippen LogP contribution is 2.25. The molecule has 6 heteroatoms. The van der Waals surface area contributed by atoms with Crippen molar-refractivity contribution in [1.82, 2.24) is 9.88 Å². The second-order valence-corrected chi connectivity index (χ2v) is 7.12. The second-order valence-electron chi connectivity index (χ2n) is 7.12. The van der Waals surface area contributed by atoms with Crippen molar-refractivity contribution in [3.63, 3.8) is 0 Å². The number of carbonyl (C=O) groups is 1. The standard InChI is InChI=1S/C24H24N2O3.ClH/c27-24(17-19-5-4-14-25-18-19)26-15-12-23(13-16-26)29-22-10-8-21(9-11-22)28-20-6-2-1-3-7-20;/h1-11,14,18,23H,12-13,15-17H2;1H. The molecule has 2 heterocycles. The zero-order valence-corrected chi connectivity index (χ0v) is 17.5. The summed E-state index contributed by atoms with van der Waals surface area (Å²) in [6.07, 6.45) is 5.67. The minimum atomic E-state index is 0. The first-order valence-corrected chi connectivity index (χ1v) is 9.92. The van der Waals surface area contributed by atoms with Gasteiger partial charge in [-0.1, -0.05) is 24.3 Å². The molecule has 156 valence electrons. The molecule has 1 fully saturated rings. The van der Waals surface area contributed by atoms with Crippen molar-refractivity contribution in [3.8, 4) is 17.2 Å². The van der Waals surface area contributed by atoms with Gasteiger partial charge in [0.05, 0.1) is 6.42 Å². The van der Waals surface area contributed by atoms with E-state index < -0.39 is 0 Å². The number of hydrogen-bond donors (Lipinski definition) is 0. The van der Waals surface area contributed by atoms with Gasteiger partial charge >= 0.3 is 0 Å². The summed E-state index contributed by atoms with van der Waals surface area (Å²) < 4.78 is 11.9. The first-order valence-electron chi connectivity index (χ1n) is 9.92. The monoisotopic (exact) mass is 424 g/mol. The molecule has 0 spiro atoms. The van der Waals surface area contributed by atoms with Crippen LogP contribution in [0.25, 0.3) is 0 Å². The number of hydrogen-bond acceptors (Lipinski definition) is 4. The molecule has 30 heavy (non-hydrogen) atoms. The van der Waals surface area contributed by atoms with Crippen LogP contribution in [-0.4, -0.2) is 35.0 Å². The highest BCUT2D eigenvalue weighted by atomic mass is 35.5. The van der Waals surface area contributed by atoms with Gasteiger partial charge in [0.2, 0.25) is 5.91 Å². The van der Waals surface area contributed by atoms with E-state index in [0.29, 0.717) is 6.42 Å². The van der Waals surface area contributed by atoms with Crippen LogP contribution >= 0.6 is 12.4 Å². The quantitative estimate of drug-likeness (QED) is 0.564. The molecule has 1 saturated heterocycles. The minimum absolute atomic E-state index is 0. The number of amides is 1. The van der Waals surface area contributed by atoms with Gasteiger partial charge in [0.1, 0.15) is 23.4 Å². The molecule has 3 aromatic rings. The number of pyridine rings is 1. The van der Waals surface area contributed by atoms with E-state index in [9.17, 15) is 4.79 Å². The summed E-state index contributed by atoms with van der Waals surface area (Å²) in [4.78, 5) is 18.5. The number of para-hydroxylation sites is 1. The summed E-state index contributed by atoms with van der Waals surface area (Å²) in [5.41, 5.74) is 0.952. The molecule has 1 aliphatic rings. The highest BCUT2D eigenvalue weighted by Gasteiger charge is 2.24. The molecule has 0 saturated carbocycles. The Labute approximate surface area is 183 Å². The summed E-state index contributed by atoms with van der Waals surface area (Å²) in [5, 5.41) is 0. The third-order valence-corrected chi connectivity index (χ3v) is 4.98. The molecule has 1 aromatic heterocycles. The van der Waals surface area contributed by atoms with Gasteiger partial charge in [-0.2, -0.15) is 0 Å². The molecular formula is C24H25ClN2O3. The molecule has 0 unspecified atom stereocenters. The zero-order chi connectivity index (χ0) is 19.9. The van der Waals surface area contributed by atoms with Crippen LogP contribution in [0.5, 0.6) is 17.2 Å². The number of aromatic nitrogens is 1. The lowest BCUT2D eigenvalue weighted by atomic mass is 10.1. The Kier molecular flexibility index (Phi) is 7.69. The zero-order valence-electron chi connectivity index (χ0n) is 16.6. The van der Waals surface area contributed by atoms with Crippen molar-refractivity contribution in [1.29, 1.82) is 0 Å². The number of nitrogens with zero attached hydrogens (tertiary/aromatic N) is 2. The summed E-state index contributed by atoms with van der Waals surface area (Å²) in [5.74, 6) is 2.56. The van der Waals surface area contributed by atoms with Gasteiger partial charge in [0.15, 0.2) is 0 Å². The predicted molar refractivity (Wildman–Crippen MR) is 118 cm³/mol. The van der Waals surface area contributed by atoms with Crippen molar-refractivity contribution in [3.05, 3.63) is 84.7 Å². The molecule has 1 aliphatic heterocycles. The van der Waals surface area contributed by atoms with E-state index in [2.05, 4.69) is 4.98 Å². The van der Waals surface area contributed by atoms with E-state index in [4.69, 9.17) is 9.47 Å². The Balaban J connectivity index is 0.00000256. The molecule has 0 radical (unpaired) electrons. The van der Waals surface area contributed by atoms with E-state index in [1.807, 2.05) is 71.6 Å². The van der Waals surface area contributed by atoms with Gasteiger partial charge < -0.3 is 14.4 Å². The van der Waals surface area contributed by atoms with Crippen LogP contribution in [0.4, 0.5) is 0 Å². The normalized spacial score (nSPS) is 13.9. The smallest absolute Gasteiger partial charge is 0.227 e. The van der Waals surface area contributed by atoms with E-state index in [0.717, 1.165) is 48.7 Å². The largest absolute Gasteiger partial charge is 0.490 e. The van der Waals surface area contributed by atoms with Crippen LogP contribution in [0.1, 0.15) is 18.4 Å². The van der Waals surface area contributed by atoms with Gasteiger partial charge in [-0.3, -0.25) is 9.78 Å². The van der Waals surface area contributed by atoms with Crippen molar-refractivity contribution < 1.29 is 14.3 Å². The van der Waals surface area contributed by atoms with Crippen LogP contribution in [-0.2, 0) is 11.2 Å². The van der Waals surface area contributed by atoms with Crippen LogP contribution < -0.4 is 9.47 Å². The van der Waals surface area contributed by atoms with E-state index in [1.54, 1.807) is 12.4 Å². The number of likely N-dealkylation sites (tertiary alicyclic amines) is 1. The number of carbonyl (C=O) groups excluding carboxylic acids is 1. The molecule has 1 amide bonds. The number of ether oxygens (including phenoxy) is 2. The summed E-state index contributed by atoms with van der Waals surface area (Å²) in [6.45, 7) is 1.44. The molecule has 0 atom stereocenters. The molecule has 0 aliphatic carbocycles. The minimum Gasteiger partial charge on any atom is -0.490 e.